The molecule has 2 rings (SSSR count). The summed E-state index contributed by atoms with van der Waals surface area (Å²) >= 11 is 0. The second-order valence-electron chi connectivity index (χ2n) is 5.18. The maximum Gasteiger partial charge on any atom is 0.573 e. The molecule has 0 aliphatic carbocycles. The highest BCUT2D eigenvalue weighted by molar-refractivity contribution is 5.95. The third-order valence-corrected chi connectivity index (χ3v) is 3.10. The average Bonchev–Trinajstić information content (AvgIpc) is 2.50. The number of carbonyl (C=O) groups is 1. The first kappa shape index (κ1) is 20.7. The maximum absolute atomic E-state index is 13.5. The van der Waals surface area contributed by atoms with Crippen molar-refractivity contribution >= 4 is 17.4 Å². The van der Waals surface area contributed by atoms with Crippen LogP contribution in [-0.4, -0.2) is 42.9 Å². The lowest BCUT2D eigenvalue weighted by atomic mass is 10.1. The summed E-state index contributed by atoms with van der Waals surface area (Å²) in [6.07, 6.45) is -16.0. The molecule has 0 saturated carbocycles. The topological polar surface area (TPSA) is 101 Å². The van der Waals surface area contributed by atoms with E-state index in [2.05, 4.69) is 20.4 Å². The molecule has 3 atom stereocenters. The van der Waals surface area contributed by atoms with Crippen LogP contribution in [0.5, 0.6) is 5.75 Å². The molecule has 1 aliphatic heterocycles. The Labute approximate surface area is 146 Å². The number of anilines is 1. The number of nitrogens with one attached hydrogen (secondary N) is 3. The number of carbonyl (C=O) groups excluding carboxylic acids is 1. The Bertz CT molecular complexity index is 704. The van der Waals surface area contributed by atoms with E-state index in [-0.39, 0.29) is 5.69 Å². The van der Waals surface area contributed by atoms with Gasteiger partial charge in [0.2, 0.25) is 0 Å². The Morgan fingerprint density at radius 3 is 2.26 bits per heavy atom. The zero-order valence-corrected chi connectivity index (χ0v) is 13.0. The Morgan fingerprint density at radius 1 is 1.15 bits per heavy atom. The molecule has 7 nitrogen and oxygen atoms in total. The highest BCUT2D eigenvalue weighted by Gasteiger charge is 2.46. The third kappa shape index (κ3) is 5.96. The van der Waals surface area contributed by atoms with Gasteiger partial charge >= 0.3 is 18.6 Å². The summed E-state index contributed by atoms with van der Waals surface area (Å²) in [4.78, 5) is 14.8. The van der Waals surface area contributed by atoms with Crippen molar-refractivity contribution in [3.05, 3.63) is 24.3 Å². The van der Waals surface area contributed by atoms with E-state index < -0.39 is 48.7 Å². The van der Waals surface area contributed by atoms with Gasteiger partial charge in [-0.15, -0.1) is 13.2 Å². The summed E-state index contributed by atoms with van der Waals surface area (Å²) in [6, 6.07) is 2.87. The van der Waals surface area contributed by atoms with Gasteiger partial charge in [-0.1, -0.05) is 0 Å². The lowest BCUT2D eigenvalue weighted by molar-refractivity contribution is -0.274. The van der Waals surface area contributed by atoms with Gasteiger partial charge in [-0.25, -0.2) is 14.2 Å². The summed E-state index contributed by atoms with van der Waals surface area (Å²) in [5.41, 5.74) is 3.43. The Hall–Kier alpha value is -2.61. The van der Waals surface area contributed by atoms with Crippen LogP contribution in [0.4, 0.5) is 41.2 Å². The van der Waals surface area contributed by atoms with Crippen molar-refractivity contribution in [2.75, 3.05) is 5.32 Å². The van der Waals surface area contributed by atoms with Gasteiger partial charge in [-0.3, -0.25) is 5.32 Å². The normalized spacial score (nSPS) is 23.4. The molecule has 27 heavy (non-hydrogen) atoms. The summed E-state index contributed by atoms with van der Waals surface area (Å²) in [7, 11) is 0. The number of hydrogen-bond donors (Lipinski definition) is 4. The van der Waals surface area contributed by atoms with E-state index in [4.69, 9.17) is 5.73 Å². The number of nitrogens with two attached hydrogens (primary N) is 1. The number of alkyl halides is 7. The minimum absolute atomic E-state index is 0.00512. The predicted molar refractivity (Wildman–Crippen MR) is 78.6 cm³/mol. The fraction of sp³-hybridized carbons (Fsp3) is 0.385. The zero-order valence-electron chi connectivity index (χ0n) is 13.0. The number of ether oxygens (including phenoxy) is 1. The largest absolute Gasteiger partial charge is 0.573 e. The number of nitrogens with zero attached hydrogens (tertiary/aromatic N) is 1. The number of rotatable bonds is 3. The molecule has 150 valence electrons. The first-order chi connectivity index (χ1) is 12.3. The molecule has 1 heterocycles. The molecule has 1 aromatic carbocycles. The monoisotopic (exact) mass is 403 g/mol. The van der Waals surface area contributed by atoms with E-state index in [1.807, 2.05) is 5.32 Å². The molecule has 0 fully saturated rings. The van der Waals surface area contributed by atoms with Crippen LogP contribution < -0.4 is 26.4 Å². The molecule has 0 saturated heterocycles. The van der Waals surface area contributed by atoms with E-state index in [0.717, 1.165) is 24.3 Å². The molecule has 0 aromatic heterocycles. The molecule has 1 aromatic rings. The molecule has 5 N–H and O–H groups in total. The summed E-state index contributed by atoms with van der Waals surface area (Å²) in [6.45, 7) is 0. The number of halogens is 7. The van der Waals surface area contributed by atoms with Crippen molar-refractivity contribution in [3.8, 4) is 5.75 Å². The number of benzene rings is 1. The van der Waals surface area contributed by atoms with E-state index in [9.17, 15) is 35.5 Å². The number of amides is 2. The molecule has 1 aliphatic rings. The molecule has 3 unspecified atom stereocenters. The first-order valence-electron chi connectivity index (χ1n) is 7.09. The molecule has 14 heteroatoms. The van der Waals surface area contributed by atoms with Crippen molar-refractivity contribution in [2.45, 2.75) is 31.2 Å². The van der Waals surface area contributed by atoms with Crippen LogP contribution in [0.15, 0.2) is 29.3 Å². The Morgan fingerprint density at radius 2 is 1.74 bits per heavy atom. The van der Waals surface area contributed by atoms with Crippen LogP contribution in [-0.2, 0) is 0 Å². The fourth-order valence-electron chi connectivity index (χ4n) is 2.02. The Balaban J connectivity index is 2.00. The van der Waals surface area contributed by atoms with Gasteiger partial charge in [0.15, 0.2) is 18.2 Å². The zero-order chi connectivity index (χ0) is 20.4. The second kappa shape index (κ2) is 7.56. The minimum atomic E-state index is -5.08. The van der Waals surface area contributed by atoms with E-state index in [1.165, 1.54) is 0 Å². The van der Waals surface area contributed by atoms with Crippen LogP contribution in [0.2, 0.25) is 0 Å². The van der Waals surface area contributed by atoms with Crippen molar-refractivity contribution in [3.63, 3.8) is 0 Å². The van der Waals surface area contributed by atoms with E-state index in [0.29, 0.717) is 0 Å². The highest BCUT2D eigenvalue weighted by Crippen LogP contribution is 2.25. The highest BCUT2D eigenvalue weighted by atomic mass is 19.4. The molecule has 0 bridgehead atoms. The van der Waals surface area contributed by atoms with Gasteiger partial charge in [0.25, 0.3) is 0 Å². The van der Waals surface area contributed by atoms with Gasteiger partial charge in [0, 0.05) is 5.69 Å². The van der Waals surface area contributed by atoms with Crippen molar-refractivity contribution in [2.24, 2.45) is 10.7 Å². The lowest BCUT2D eigenvalue weighted by Crippen LogP contribution is -2.63. The van der Waals surface area contributed by atoms with E-state index >= 15 is 0 Å². The second-order valence-corrected chi connectivity index (χ2v) is 5.18. The van der Waals surface area contributed by atoms with Gasteiger partial charge < -0.3 is 21.1 Å². The molecule has 0 spiro atoms. The first-order valence-corrected chi connectivity index (χ1v) is 7.09. The quantitative estimate of drug-likeness (QED) is 0.582. The maximum atomic E-state index is 13.5. The van der Waals surface area contributed by atoms with Crippen molar-refractivity contribution in [1.29, 1.82) is 0 Å². The summed E-state index contributed by atoms with van der Waals surface area (Å²) in [5.74, 6) is -0.540. The standard InChI is InChI=1S/C13H12F7N5O2/c14-7-8(12(15,16)17)23-10(24-9(7)21)25-11(26)22-5-1-3-6(4-2-5)27-13(18,19)20/h1-4,7,9-10,24H,21H2,(H2,22,25,26). The fourth-order valence-corrected chi connectivity index (χ4v) is 2.02. The number of aliphatic imine (C=N–C) groups is 1. The SMILES string of the molecule is NC1NC(NC(=O)Nc2ccc(OC(F)(F)F)cc2)N=C(C(F)(F)F)C1F. The summed E-state index contributed by atoms with van der Waals surface area (Å²) in [5, 5.41) is 6.23. The van der Waals surface area contributed by atoms with Crippen LogP contribution in [0.3, 0.4) is 0 Å². The lowest BCUT2D eigenvalue weighted by Gasteiger charge is -2.30. The smallest absolute Gasteiger partial charge is 0.406 e. The van der Waals surface area contributed by atoms with Gasteiger partial charge in [-0.05, 0) is 24.3 Å². The van der Waals surface area contributed by atoms with Gasteiger partial charge in [-0.2, -0.15) is 13.2 Å². The van der Waals surface area contributed by atoms with Crippen LogP contribution >= 0.6 is 0 Å². The summed E-state index contributed by atoms with van der Waals surface area (Å²) < 4.78 is 91.4. The van der Waals surface area contributed by atoms with Crippen LogP contribution in [0, 0.1) is 0 Å². The van der Waals surface area contributed by atoms with Crippen LogP contribution in [0.25, 0.3) is 0 Å². The molecular formula is C13H12F7N5O2. The average molecular weight is 403 g/mol. The van der Waals surface area contributed by atoms with Crippen molar-refractivity contribution < 1.29 is 40.3 Å². The third-order valence-electron chi connectivity index (χ3n) is 3.10. The molecule has 2 amide bonds. The van der Waals surface area contributed by atoms with Gasteiger partial charge in [0.1, 0.15) is 5.75 Å². The molecule has 0 radical (unpaired) electrons. The van der Waals surface area contributed by atoms with Crippen LogP contribution in [0.1, 0.15) is 0 Å². The Kier molecular flexibility index (Phi) is 5.79. The number of urea groups is 1. The van der Waals surface area contributed by atoms with Crippen molar-refractivity contribution in [1.82, 2.24) is 10.6 Å². The minimum Gasteiger partial charge on any atom is -0.406 e. The van der Waals surface area contributed by atoms with Gasteiger partial charge in [0.05, 0.1) is 6.17 Å². The molecular weight excluding hydrogens is 391 g/mol. The van der Waals surface area contributed by atoms with E-state index in [1.54, 1.807) is 0 Å². The predicted octanol–water partition coefficient (Wildman–Crippen LogP) is 2.22. The number of hydrogen-bond acceptors (Lipinski definition) is 5.